The molecule has 0 saturated heterocycles. The summed E-state index contributed by atoms with van der Waals surface area (Å²) in [6.45, 7) is 0. The van der Waals surface area contributed by atoms with Gasteiger partial charge in [0, 0.05) is 5.56 Å². The highest BCUT2D eigenvalue weighted by Crippen LogP contribution is 2.19. The predicted molar refractivity (Wildman–Crippen MR) is 59.2 cm³/mol. The van der Waals surface area contributed by atoms with Crippen LogP contribution in [-0.4, -0.2) is 16.2 Å². The molecule has 0 unspecified atom stereocenters. The highest BCUT2D eigenvalue weighted by molar-refractivity contribution is 7.98. The second kappa shape index (κ2) is 4.24. The fourth-order valence-corrected chi connectivity index (χ4v) is 1.60. The molecule has 0 bridgehead atoms. The van der Waals surface area contributed by atoms with Crippen LogP contribution in [0.25, 0.3) is 11.3 Å². The Bertz CT molecular complexity index is 415. The first-order valence-electron chi connectivity index (χ1n) is 4.31. The van der Waals surface area contributed by atoms with Crippen molar-refractivity contribution in [2.24, 2.45) is 0 Å². The minimum absolute atomic E-state index is 0.977. The first kappa shape index (κ1) is 9.21. The van der Waals surface area contributed by atoms with Crippen LogP contribution in [0.1, 0.15) is 0 Å². The number of aromatic nitrogens is 2. The molecule has 0 N–H and O–H groups in total. The molecule has 0 aliphatic rings. The van der Waals surface area contributed by atoms with Crippen LogP contribution in [0, 0.1) is 0 Å². The molecule has 0 aliphatic heterocycles. The first-order valence-corrected chi connectivity index (χ1v) is 5.54. The molecule has 2 nitrogen and oxygen atoms in total. The van der Waals surface area contributed by atoms with Crippen molar-refractivity contribution in [3.63, 3.8) is 0 Å². The summed E-state index contributed by atoms with van der Waals surface area (Å²) in [4.78, 5) is 8.37. The van der Waals surface area contributed by atoms with Gasteiger partial charge in [-0.25, -0.2) is 9.97 Å². The van der Waals surface area contributed by atoms with Crippen LogP contribution in [0.3, 0.4) is 0 Å². The lowest BCUT2D eigenvalue weighted by atomic mass is 10.1. The summed E-state index contributed by atoms with van der Waals surface area (Å²) in [5.74, 6) is 0. The molecule has 2 aromatic rings. The van der Waals surface area contributed by atoms with E-state index in [1.807, 2.05) is 42.7 Å². The summed E-state index contributed by atoms with van der Waals surface area (Å²) in [5, 5.41) is 0.999. The zero-order valence-corrected chi connectivity index (χ0v) is 8.66. The summed E-state index contributed by atoms with van der Waals surface area (Å²) in [7, 11) is 0. The molecule has 0 fully saturated rings. The van der Waals surface area contributed by atoms with Crippen molar-refractivity contribution >= 4 is 11.8 Å². The third kappa shape index (κ3) is 1.93. The van der Waals surface area contributed by atoms with Gasteiger partial charge in [0.1, 0.15) is 6.33 Å². The molecule has 1 aromatic heterocycles. The molecule has 0 saturated carbocycles. The summed E-state index contributed by atoms with van der Waals surface area (Å²) < 4.78 is 0. The molecule has 1 aromatic carbocycles. The van der Waals surface area contributed by atoms with Crippen molar-refractivity contribution in [3.8, 4) is 11.3 Å². The molecule has 14 heavy (non-hydrogen) atoms. The summed E-state index contributed by atoms with van der Waals surface area (Å²) >= 11 is 1.63. The van der Waals surface area contributed by atoms with E-state index in [1.54, 1.807) is 18.1 Å². The predicted octanol–water partition coefficient (Wildman–Crippen LogP) is 2.87. The van der Waals surface area contributed by atoms with Crippen LogP contribution in [0.4, 0.5) is 0 Å². The minimum atomic E-state index is 0.977. The molecule has 0 aliphatic carbocycles. The standard InChI is InChI=1S/C11H10N2S/c1-14-11-7-10(12-8-13-11)9-5-3-2-4-6-9/h2-8H,1H3. The molecule has 0 spiro atoms. The summed E-state index contributed by atoms with van der Waals surface area (Å²) in [5.41, 5.74) is 2.11. The fourth-order valence-electron chi connectivity index (χ4n) is 1.22. The van der Waals surface area contributed by atoms with Crippen molar-refractivity contribution < 1.29 is 0 Å². The van der Waals surface area contributed by atoms with Gasteiger partial charge >= 0.3 is 0 Å². The maximum atomic E-state index is 4.23. The number of hydrogen-bond donors (Lipinski definition) is 0. The van der Waals surface area contributed by atoms with E-state index in [2.05, 4.69) is 9.97 Å². The van der Waals surface area contributed by atoms with Gasteiger partial charge in [0.25, 0.3) is 0 Å². The molecule has 3 heteroatoms. The molecular formula is C11H10N2S. The van der Waals surface area contributed by atoms with E-state index < -0.39 is 0 Å². The van der Waals surface area contributed by atoms with E-state index in [9.17, 15) is 0 Å². The first-order chi connectivity index (χ1) is 6.90. The molecule has 0 radical (unpaired) electrons. The number of benzene rings is 1. The SMILES string of the molecule is CSc1cc(-c2ccccc2)ncn1. The van der Waals surface area contributed by atoms with Gasteiger partial charge in [-0.15, -0.1) is 11.8 Å². The van der Waals surface area contributed by atoms with Gasteiger partial charge in [-0.3, -0.25) is 0 Å². The third-order valence-corrected chi connectivity index (χ3v) is 2.56. The van der Waals surface area contributed by atoms with Gasteiger partial charge in [-0.1, -0.05) is 30.3 Å². The Balaban J connectivity index is 2.42. The largest absolute Gasteiger partial charge is 0.236 e. The zero-order valence-electron chi connectivity index (χ0n) is 7.84. The Kier molecular flexibility index (Phi) is 2.79. The minimum Gasteiger partial charge on any atom is -0.236 e. The second-order valence-corrected chi connectivity index (χ2v) is 3.64. The quantitative estimate of drug-likeness (QED) is 0.553. The lowest BCUT2D eigenvalue weighted by Crippen LogP contribution is -1.86. The number of rotatable bonds is 2. The topological polar surface area (TPSA) is 25.8 Å². The van der Waals surface area contributed by atoms with Gasteiger partial charge in [0.2, 0.25) is 0 Å². The van der Waals surface area contributed by atoms with Crippen LogP contribution < -0.4 is 0 Å². The maximum absolute atomic E-state index is 4.23. The van der Waals surface area contributed by atoms with Gasteiger partial charge < -0.3 is 0 Å². The van der Waals surface area contributed by atoms with Crippen LogP contribution in [0.2, 0.25) is 0 Å². The van der Waals surface area contributed by atoms with Gasteiger partial charge in [-0.05, 0) is 12.3 Å². The number of thioether (sulfide) groups is 1. The number of hydrogen-bond acceptors (Lipinski definition) is 3. The molecule has 1 heterocycles. The van der Waals surface area contributed by atoms with E-state index in [0.29, 0.717) is 0 Å². The van der Waals surface area contributed by atoms with Crippen molar-refractivity contribution in [2.75, 3.05) is 6.26 Å². The fraction of sp³-hybridized carbons (Fsp3) is 0.0909. The smallest absolute Gasteiger partial charge is 0.117 e. The Labute approximate surface area is 87.4 Å². The van der Waals surface area contributed by atoms with Crippen molar-refractivity contribution in [2.45, 2.75) is 5.03 Å². The van der Waals surface area contributed by atoms with Crippen molar-refractivity contribution in [1.82, 2.24) is 9.97 Å². The van der Waals surface area contributed by atoms with Crippen LogP contribution >= 0.6 is 11.8 Å². The Morgan fingerprint density at radius 2 is 1.86 bits per heavy atom. The van der Waals surface area contributed by atoms with E-state index in [4.69, 9.17) is 0 Å². The Morgan fingerprint density at radius 1 is 1.07 bits per heavy atom. The average molecular weight is 202 g/mol. The lowest BCUT2D eigenvalue weighted by molar-refractivity contribution is 1.05. The third-order valence-electron chi connectivity index (χ3n) is 1.92. The summed E-state index contributed by atoms with van der Waals surface area (Å²) in [6.07, 6.45) is 3.62. The van der Waals surface area contributed by atoms with Crippen LogP contribution in [-0.2, 0) is 0 Å². The van der Waals surface area contributed by atoms with Crippen LogP contribution in [0.5, 0.6) is 0 Å². The highest BCUT2D eigenvalue weighted by atomic mass is 32.2. The highest BCUT2D eigenvalue weighted by Gasteiger charge is 1.99. The van der Waals surface area contributed by atoms with Crippen molar-refractivity contribution in [1.29, 1.82) is 0 Å². The molecule has 70 valence electrons. The zero-order chi connectivity index (χ0) is 9.80. The summed E-state index contributed by atoms with van der Waals surface area (Å²) in [6, 6.07) is 12.1. The normalized spacial score (nSPS) is 10.1. The van der Waals surface area contributed by atoms with Gasteiger partial charge in [0.05, 0.1) is 10.7 Å². The Hall–Kier alpha value is -1.35. The lowest BCUT2D eigenvalue weighted by Gasteiger charge is -2.00. The maximum Gasteiger partial charge on any atom is 0.117 e. The average Bonchev–Trinajstić information content (AvgIpc) is 2.30. The second-order valence-electron chi connectivity index (χ2n) is 2.81. The molecule has 0 amide bonds. The monoisotopic (exact) mass is 202 g/mol. The Morgan fingerprint density at radius 3 is 2.57 bits per heavy atom. The van der Waals surface area contributed by atoms with Gasteiger partial charge in [-0.2, -0.15) is 0 Å². The van der Waals surface area contributed by atoms with Crippen LogP contribution in [0.15, 0.2) is 47.8 Å². The van der Waals surface area contributed by atoms with E-state index >= 15 is 0 Å². The number of nitrogens with zero attached hydrogens (tertiary/aromatic N) is 2. The van der Waals surface area contributed by atoms with Crippen molar-refractivity contribution in [3.05, 3.63) is 42.7 Å². The van der Waals surface area contributed by atoms with Gasteiger partial charge in [0.15, 0.2) is 0 Å². The molecule has 2 rings (SSSR count). The van der Waals surface area contributed by atoms with E-state index in [-0.39, 0.29) is 0 Å². The van der Waals surface area contributed by atoms with E-state index in [1.165, 1.54) is 0 Å². The molecular weight excluding hydrogens is 192 g/mol. The molecule has 0 atom stereocenters. The van der Waals surface area contributed by atoms with E-state index in [0.717, 1.165) is 16.3 Å².